The van der Waals surface area contributed by atoms with Crippen molar-refractivity contribution in [3.63, 3.8) is 0 Å². The molecule has 7 nitrogen and oxygen atoms in total. The molecule has 0 amide bonds. The summed E-state index contributed by atoms with van der Waals surface area (Å²) in [6, 6.07) is 13.5. The number of hydrogen-bond acceptors (Lipinski definition) is 5. The number of nitrogens with zero attached hydrogens (tertiary/aromatic N) is 3. The average molecular weight is 514 g/mol. The molecule has 0 bridgehead atoms. The lowest BCUT2D eigenvalue weighted by atomic mass is 10.2. The standard InChI is InChI=1S/C23H32ClN3O4S2/c1-20-4-8-22(9-5-20)32(28,29)26-16-14-25(13-3-12-24)15-17-27(19-18-26)33(30,31)23-10-6-21(2)7-11-23/h4-11H,3,12-19H2,1-2H3. The summed E-state index contributed by atoms with van der Waals surface area (Å²) >= 11 is 5.87. The molecule has 0 unspecified atom stereocenters. The average Bonchev–Trinajstić information content (AvgIpc) is 2.89. The Bertz CT molecular complexity index is 1030. The van der Waals surface area contributed by atoms with Gasteiger partial charge in [0.25, 0.3) is 0 Å². The first-order chi connectivity index (χ1) is 15.6. The molecule has 0 saturated carbocycles. The molecule has 1 saturated heterocycles. The Morgan fingerprint density at radius 1 is 0.667 bits per heavy atom. The van der Waals surface area contributed by atoms with Crippen LogP contribution in [0.5, 0.6) is 0 Å². The van der Waals surface area contributed by atoms with E-state index in [1.165, 1.54) is 8.61 Å². The Labute approximate surface area is 203 Å². The van der Waals surface area contributed by atoms with E-state index in [0.29, 0.717) is 25.5 Å². The van der Waals surface area contributed by atoms with Crippen molar-refractivity contribution in [1.29, 1.82) is 0 Å². The smallest absolute Gasteiger partial charge is 0.243 e. The summed E-state index contributed by atoms with van der Waals surface area (Å²) < 4.78 is 56.3. The Kier molecular flexibility index (Phi) is 8.94. The first-order valence-corrected chi connectivity index (χ1v) is 14.5. The first kappa shape index (κ1) is 26.1. The van der Waals surface area contributed by atoms with Gasteiger partial charge in [-0.3, -0.25) is 0 Å². The molecule has 0 aliphatic carbocycles. The van der Waals surface area contributed by atoms with Crippen molar-refractivity contribution >= 4 is 31.6 Å². The van der Waals surface area contributed by atoms with Crippen molar-refractivity contribution in [2.75, 3.05) is 51.7 Å². The summed E-state index contributed by atoms with van der Waals surface area (Å²) in [6.45, 7) is 6.27. The van der Waals surface area contributed by atoms with Crippen LogP contribution in [0.1, 0.15) is 17.5 Å². The molecule has 1 aliphatic heterocycles. The maximum Gasteiger partial charge on any atom is 0.243 e. The molecule has 1 heterocycles. The van der Waals surface area contributed by atoms with Gasteiger partial charge in [0.15, 0.2) is 0 Å². The monoisotopic (exact) mass is 513 g/mol. The van der Waals surface area contributed by atoms with Crippen LogP contribution in [0.15, 0.2) is 58.3 Å². The molecule has 0 N–H and O–H groups in total. The van der Waals surface area contributed by atoms with Crippen LogP contribution in [0, 0.1) is 13.8 Å². The summed E-state index contributed by atoms with van der Waals surface area (Å²) in [6.07, 6.45) is 0.747. The zero-order valence-corrected chi connectivity index (χ0v) is 21.5. The second-order valence-electron chi connectivity index (χ2n) is 8.32. The highest BCUT2D eigenvalue weighted by atomic mass is 35.5. The summed E-state index contributed by atoms with van der Waals surface area (Å²) in [5.41, 5.74) is 1.95. The van der Waals surface area contributed by atoms with Gasteiger partial charge in [-0.05, 0) is 51.1 Å². The summed E-state index contributed by atoms with van der Waals surface area (Å²) in [7, 11) is -7.52. The Balaban J connectivity index is 1.90. The van der Waals surface area contributed by atoms with E-state index < -0.39 is 20.0 Å². The van der Waals surface area contributed by atoms with Gasteiger partial charge in [0.05, 0.1) is 9.79 Å². The number of alkyl halides is 1. The van der Waals surface area contributed by atoms with Gasteiger partial charge in [-0.15, -0.1) is 11.6 Å². The number of halogens is 1. The third-order valence-corrected chi connectivity index (χ3v) is 9.95. The molecule has 3 rings (SSSR count). The maximum absolute atomic E-state index is 13.4. The Hall–Kier alpha value is -1.49. The van der Waals surface area contributed by atoms with Gasteiger partial charge in [-0.1, -0.05) is 35.4 Å². The molecule has 1 fully saturated rings. The fourth-order valence-electron chi connectivity index (χ4n) is 3.77. The van der Waals surface area contributed by atoms with Crippen molar-refractivity contribution in [3.8, 4) is 0 Å². The molecule has 0 atom stereocenters. The van der Waals surface area contributed by atoms with Crippen molar-refractivity contribution in [3.05, 3.63) is 59.7 Å². The van der Waals surface area contributed by atoms with Crippen molar-refractivity contribution in [2.45, 2.75) is 30.1 Å². The van der Waals surface area contributed by atoms with E-state index in [-0.39, 0.29) is 36.0 Å². The van der Waals surface area contributed by atoms with Crippen LogP contribution in [0.2, 0.25) is 0 Å². The lowest BCUT2D eigenvalue weighted by molar-refractivity contribution is 0.255. The van der Waals surface area contributed by atoms with E-state index in [1.807, 2.05) is 13.8 Å². The minimum atomic E-state index is -3.76. The highest BCUT2D eigenvalue weighted by Gasteiger charge is 2.31. The predicted molar refractivity (Wildman–Crippen MR) is 132 cm³/mol. The summed E-state index contributed by atoms with van der Waals surface area (Å²) in [4.78, 5) is 2.52. The topological polar surface area (TPSA) is 78.0 Å². The van der Waals surface area contributed by atoms with E-state index >= 15 is 0 Å². The highest BCUT2D eigenvalue weighted by molar-refractivity contribution is 7.89. The maximum atomic E-state index is 13.4. The zero-order chi connectivity index (χ0) is 24.1. The highest BCUT2D eigenvalue weighted by Crippen LogP contribution is 2.20. The van der Waals surface area contributed by atoms with Gasteiger partial charge < -0.3 is 4.90 Å². The predicted octanol–water partition coefficient (Wildman–Crippen LogP) is 2.93. The summed E-state index contributed by atoms with van der Waals surface area (Å²) in [5, 5.41) is 0. The van der Waals surface area contributed by atoms with Crippen LogP contribution in [0.4, 0.5) is 0 Å². The van der Waals surface area contributed by atoms with Crippen molar-refractivity contribution in [2.24, 2.45) is 0 Å². The molecule has 10 heteroatoms. The minimum Gasteiger partial charge on any atom is -0.301 e. The van der Waals surface area contributed by atoms with E-state index in [9.17, 15) is 16.8 Å². The molecule has 0 spiro atoms. The minimum absolute atomic E-state index is 0.0879. The van der Waals surface area contributed by atoms with E-state index in [0.717, 1.165) is 17.5 Å². The lowest BCUT2D eigenvalue weighted by Gasteiger charge is -2.25. The molecule has 0 radical (unpaired) electrons. The Morgan fingerprint density at radius 2 is 1.03 bits per heavy atom. The number of rotatable bonds is 7. The first-order valence-electron chi connectivity index (χ1n) is 11.1. The third-order valence-electron chi connectivity index (χ3n) is 5.86. The van der Waals surface area contributed by atoms with Gasteiger partial charge in [0, 0.05) is 45.1 Å². The van der Waals surface area contributed by atoms with Crippen LogP contribution in [0.25, 0.3) is 0 Å². The second kappa shape index (κ2) is 11.3. The van der Waals surface area contributed by atoms with Gasteiger partial charge in [-0.2, -0.15) is 8.61 Å². The molecule has 1 aliphatic rings. The van der Waals surface area contributed by atoms with E-state index in [1.54, 1.807) is 48.5 Å². The van der Waals surface area contributed by atoms with Crippen LogP contribution >= 0.6 is 11.6 Å². The van der Waals surface area contributed by atoms with Gasteiger partial charge in [-0.25, -0.2) is 16.8 Å². The van der Waals surface area contributed by atoms with Gasteiger partial charge in [0.1, 0.15) is 0 Å². The van der Waals surface area contributed by atoms with Crippen LogP contribution in [-0.2, 0) is 20.0 Å². The lowest BCUT2D eigenvalue weighted by Crippen LogP contribution is -2.41. The van der Waals surface area contributed by atoms with Gasteiger partial charge >= 0.3 is 0 Å². The van der Waals surface area contributed by atoms with E-state index in [4.69, 9.17) is 11.6 Å². The van der Waals surface area contributed by atoms with Crippen molar-refractivity contribution in [1.82, 2.24) is 13.5 Å². The number of aryl methyl sites for hydroxylation is 2. The van der Waals surface area contributed by atoms with Crippen molar-refractivity contribution < 1.29 is 16.8 Å². The van der Waals surface area contributed by atoms with Gasteiger partial charge in [0.2, 0.25) is 20.0 Å². The quantitative estimate of drug-likeness (QED) is 0.532. The Morgan fingerprint density at radius 3 is 1.39 bits per heavy atom. The second-order valence-corrected chi connectivity index (χ2v) is 12.6. The normalized spacial score (nSPS) is 17.9. The molecular formula is C23H32ClN3O4S2. The fraction of sp³-hybridized carbons (Fsp3) is 0.478. The number of sulfonamides is 2. The molecule has 2 aromatic carbocycles. The zero-order valence-electron chi connectivity index (χ0n) is 19.2. The fourth-order valence-corrected chi connectivity index (χ4v) is 6.73. The molecule has 2 aromatic rings. The third kappa shape index (κ3) is 6.55. The largest absolute Gasteiger partial charge is 0.301 e. The van der Waals surface area contributed by atoms with Crippen LogP contribution in [-0.4, -0.2) is 82.0 Å². The van der Waals surface area contributed by atoms with Crippen LogP contribution in [0.3, 0.4) is 0 Å². The van der Waals surface area contributed by atoms with Crippen LogP contribution < -0.4 is 0 Å². The number of hydrogen-bond donors (Lipinski definition) is 0. The number of benzene rings is 2. The molecule has 182 valence electrons. The molecular weight excluding hydrogens is 482 g/mol. The molecule has 0 aromatic heterocycles. The molecule has 33 heavy (non-hydrogen) atoms. The summed E-state index contributed by atoms with van der Waals surface area (Å²) in [5.74, 6) is 0.493. The van der Waals surface area contributed by atoms with E-state index in [2.05, 4.69) is 4.90 Å². The SMILES string of the molecule is Cc1ccc(S(=O)(=O)N2CCN(CCCCl)CCN(S(=O)(=O)c3ccc(C)cc3)CC2)cc1.